The van der Waals surface area contributed by atoms with Gasteiger partial charge < -0.3 is 4.90 Å². The lowest BCUT2D eigenvalue weighted by Gasteiger charge is -2.51. The summed E-state index contributed by atoms with van der Waals surface area (Å²) in [5, 5.41) is 2.45. The maximum Gasteiger partial charge on any atom is 0.138 e. The first kappa shape index (κ1) is 27.6. The van der Waals surface area contributed by atoms with Crippen LogP contribution in [0.4, 0.5) is 34.3 Å². The minimum absolute atomic E-state index is 0.583. The molecule has 4 heteroatoms. The Morgan fingerprint density at radius 3 is 1.47 bits per heavy atom. The van der Waals surface area contributed by atoms with Crippen molar-refractivity contribution in [1.29, 1.82) is 0 Å². The van der Waals surface area contributed by atoms with E-state index in [1.165, 1.54) is 50.1 Å². The van der Waals surface area contributed by atoms with Crippen LogP contribution >= 0.6 is 0 Å². The number of benzene rings is 6. The van der Waals surface area contributed by atoms with Crippen LogP contribution in [-0.4, -0.2) is 9.97 Å². The van der Waals surface area contributed by atoms with Crippen LogP contribution < -0.4 is 9.80 Å². The average Bonchev–Trinajstić information content (AvgIpc) is 3.18. The van der Waals surface area contributed by atoms with E-state index in [2.05, 4.69) is 173 Å². The molecule has 10 rings (SSSR count). The Labute approximate surface area is 285 Å². The van der Waals surface area contributed by atoms with E-state index in [0.717, 1.165) is 28.5 Å². The van der Waals surface area contributed by atoms with Crippen LogP contribution in [0.3, 0.4) is 0 Å². The Bertz CT molecular complexity index is 2440. The van der Waals surface area contributed by atoms with E-state index in [0.29, 0.717) is 0 Å². The highest BCUT2D eigenvalue weighted by atomic mass is 15.2. The molecular weight excluding hydrogens is 597 g/mol. The fraction of sp³-hybridized carbons (Fsp3) is 0.0222. The van der Waals surface area contributed by atoms with Crippen molar-refractivity contribution in [3.05, 3.63) is 205 Å². The van der Waals surface area contributed by atoms with E-state index in [9.17, 15) is 0 Å². The second-order valence-corrected chi connectivity index (χ2v) is 12.6. The highest BCUT2D eigenvalue weighted by Crippen LogP contribution is 2.64. The molecule has 1 spiro atoms. The topological polar surface area (TPSA) is 32.3 Å². The first-order valence-corrected chi connectivity index (χ1v) is 16.7. The third kappa shape index (κ3) is 3.92. The van der Waals surface area contributed by atoms with E-state index < -0.39 is 5.41 Å². The Balaban J connectivity index is 1.28. The van der Waals surface area contributed by atoms with E-state index in [1.54, 1.807) is 0 Å². The van der Waals surface area contributed by atoms with Gasteiger partial charge in [-0.2, -0.15) is 0 Å². The van der Waals surface area contributed by atoms with Gasteiger partial charge in [0.1, 0.15) is 5.82 Å². The average molecular weight is 627 g/mol. The number of hydrogen-bond acceptors (Lipinski definition) is 4. The van der Waals surface area contributed by atoms with Crippen molar-refractivity contribution in [1.82, 2.24) is 9.97 Å². The van der Waals surface area contributed by atoms with Crippen LogP contribution in [0.5, 0.6) is 0 Å². The minimum Gasteiger partial charge on any atom is -0.309 e. The van der Waals surface area contributed by atoms with Gasteiger partial charge in [-0.3, -0.25) is 9.88 Å². The van der Waals surface area contributed by atoms with Crippen LogP contribution in [0.25, 0.3) is 22.0 Å². The molecule has 0 aliphatic carbocycles. The van der Waals surface area contributed by atoms with Gasteiger partial charge in [-0.1, -0.05) is 115 Å². The van der Waals surface area contributed by atoms with E-state index in [4.69, 9.17) is 4.98 Å². The van der Waals surface area contributed by atoms with Gasteiger partial charge in [0.2, 0.25) is 0 Å². The van der Waals surface area contributed by atoms with Crippen LogP contribution in [0.2, 0.25) is 0 Å². The van der Waals surface area contributed by atoms with E-state index >= 15 is 0 Å². The molecule has 2 aliphatic heterocycles. The monoisotopic (exact) mass is 626 g/mol. The zero-order chi connectivity index (χ0) is 32.4. The number of rotatable bonds is 3. The third-order valence-corrected chi connectivity index (χ3v) is 10.1. The third-order valence-electron chi connectivity index (χ3n) is 10.1. The maximum atomic E-state index is 5.26. The second-order valence-electron chi connectivity index (χ2n) is 12.6. The summed E-state index contributed by atoms with van der Waals surface area (Å²) < 4.78 is 0. The normalized spacial score (nSPS) is 13.8. The molecular formula is C45H30N4. The van der Waals surface area contributed by atoms with Crippen LogP contribution in [-0.2, 0) is 5.41 Å². The van der Waals surface area contributed by atoms with Crippen molar-refractivity contribution >= 4 is 45.0 Å². The van der Waals surface area contributed by atoms with Crippen LogP contribution in [0.1, 0.15) is 22.3 Å². The summed E-state index contributed by atoms with van der Waals surface area (Å²) in [6.45, 7) is 0. The van der Waals surface area contributed by atoms with Gasteiger partial charge in [0, 0.05) is 23.3 Å². The van der Waals surface area contributed by atoms with Gasteiger partial charge in [0.25, 0.3) is 0 Å². The molecule has 0 amide bonds. The lowest BCUT2D eigenvalue weighted by Crippen LogP contribution is -2.42. The molecule has 4 heterocycles. The fourth-order valence-electron chi connectivity index (χ4n) is 8.21. The molecule has 49 heavy (non-hydrogen) atoms. The van der Waals surface area contributed by atoms with Crippen LogP contribution in [0.15, 0.2) is 182 Å². The molecule has 0 saturated carbocycles. The quantitative estimate of drug-likeness (QED) is 0.195. The molecule has 2 aliphatic rings. The van der Waals surface area contributed by atoms with Crippen molar-refractivity contribution in [3.63, 3.8) is 0 Å². The summed E-state index contributed by atoms with van der Waals surface area (Å²) in [6, 6.07) is 61.3. The summed E-state index contributed by atoms with van der Waals surface area (Å²) in [6.07, 6.45) is 3.64. The highest BCUT2D eigenvalue weighted by molar-refractivity contribution is 6.03. The summed E-state index contributed by atoms with van der Waals surface area (Å²) in [4.78, 5) is 14.3. The smallest absolute Gasteiger partial charge is 0.138 e. The Kier molecular flexibility index (Phi) is 6.06. The number of pyridine rings is 2. The number of anilines is 6. The Morgan fingerprint density at radius 2 is 0.857 bits per heavy atom. The van der Waals surface area contributed by atoms with Crippen LogP contribution in [0, 0.1) is 0 Å². The molecule has 0 unspecified atom stereocenters. The van der Waals surface area contributed by atoms with Gasteiger partial charge in [0.05, 0.1) is 39.5 Å². The Hall–Kier alpha value is -6.52. The summed E-state index contributed by atoms with van der Waals surface area (Å²) >= 11 is 0. The maximum absolute atomic E-state index is 5.26. The number of hydrogen-bond donors (Lipinski definition) is 0. The van der Waals surface area contributed by atoms with Crippen molar-refractivity contribution < 1.29 is 0 Å². The van der Waals surface area contributed by atoms with Crippen molar-refractivity contribution in [2.45, 2.75) is 5.41 Å². The molecule has 0 bridgehead atoms. The lowest BCUT2D eigenvalue weighted by molar-refractivity contribution is 0.718. The SMILES string of the molecule is c1cc(-c2ccncc2)nc(N2c3ccccc3C3(c4ccccc42)c2ccccc2N(c2cccc4ccccc24)c2ccccc23)c1. The zero-order valence-electron chi connectivity index (χ0n) is 26.6. The molecule has 8 aromatic rings. The van der Waals surface area contributed by atoms with E-state index in [-0.39, 0.29) is 0 Å². The first-order chi connectivity index (χ1) is 24.3. The lowest BCUT2D eigenvalue weighted by atomic mass is 9.60. The highest BCUT2D eigenvalue weighted by Gasteiger charge is 2.51. The molecule has 6 aromatic carbocycles. The molecule has 230 valence electrons. The predicted molar refractivity (Wildman–Crippen MR) is 200 cm³/mol. The zero-order valence-corrected chi connectivity index (χ0v) is 26.6. The number of aromatic nitrogens is 2. The fourth-order valence-corrected chi connectivity index (χ4v) is 8.21. The van der Waals surface area contributed by atoms with Gasteiger partial charge in [-0.05, 0) is 82.2 Å². The van der Waals surface area contributed by atoms with Gasteiger partial charge in [-0.25, -0.2) is 4.98 Å². The number of fused-ring (bicyclic) bond motifs is 9. The number of nitrogens with zero attached hydrogens (tertiary/aromatic N) is 4. The molecule has 4 nitrogen and oxygen atoms in total. The summed E-state index contributed by atoms with van der Waals surface area (Å²) in [7, 11) is 0. The Morgan fingerprint density at radius 1 is 0.388 bits per heavy atom. The van der Waals surface area contributed by atoms with Gasteiger partial charge in [-0.15, -0.1) is 0 Å². The number of para-hydroxylation sites is 4. The molecule has 2 aromatic heterocycles. The largest absolute Gasteiger partial charge is 0.309 e. The van der Waals surface area contributed by atoms with Gasteiger partial charge >= 0.3 is 0 Å². The van der Waals surface area contributed by atoms with E-state index in [1.807, 2.05) is 24.5 Å². The molecule has 0 N–H and O–H groups in total. The standard InChI is InChI=1S/C45H30N4/c1-2-15-33-31(13-1)14-11-25-39(33)48-40-21-7-3-16-34(40)45(35-17-4-8-22-41(35)48)36-18-5-9-23-42(36)49(43-24-10-6-19-37(43)45)44-26-12-20-38(47-44)32-27-29-46-30-28-32/h1-30H. The summed E-state index contributed by atoms with van der Waals surface area (Å²) in [5.41, 5.74) is 12.1. The van der Waals surface area contributed by atoms with Crippen molar-refractivity contribution in [2.24, 2.45) is 0 Å². The summed E-state index contributed by atoms with van der Waals surface area (Å²) in [5.74, 6) is 0.874. The molecule has 0 atom stereocenters. The predicted octanol–water partition coefficient (Wildman–Crippen LogP) is 11.2. The van der Waals surface area contributed by atoms with Crippen molar-refractivity contribution in [3.8, 4) is 11.3 Å². The molecule has 0 fully saturated rings. The van der Waals surface area contributed by atoms with Crippen molar-refractivity contribution in [2.75, 3.05) is 9.80 Å². The second kappa shape index (κ2) is 10.8. The molecule has 0 radical (unpaired) electrons. The molecule has 0 saturated heterocycles. The first-order valence-electron chi connectivity index (χ1n) is 16.7. The minimum atomic E-state index is -0.583. The van der Waals surface area contributed by atoms with Gasteiger partial charge in [0.15, 0.2) is 0 Å².